The maximum Gasteiger partial charge on any atom is 0.329 e. The molecule has 1 aromatic heterocycles. The number of rotatable bonds is 8. The molecule has 2 saturated carbocycles. The first-order chi connectivity index (χ1) is 14.1. The van der Waals surface area contributed by atoms with E-state index < -0.39 is 4.92 Å². The lowest BCUT2D eigenvalue weighted by molar-refractivity contribution is -0.384. The van der Waals surface area contributed by atoms with Crippen LogP contribution >= 0.6 is 0 Å². The number of benzene rings is 1. The summed E-state index contributed by atoms with van der Waals surface area (Å²) in [6, 6.07) is 10.2. The summed E-state index contributed by atoms with van der Waals surface area (Å²) in [7, 11) is 0. The van der Waals surface area contributed by atoms with Crippen LogP contribution in [-0.4, -0.2) is 28.0 Å². The van der Waals surface area contributed by atoms with Crippen LogP contribution in [-0.2, 0) is 5.54 Å². The number of anilines is 2. The molecule has 1 aromatic carbocycles. The molecular formula is C21H28N6O2. The van der Waals surface area contributed by atoms with Gasteiger partial charge in [-0.25, -0.2) is 4.98 Å². The molecule has 2 fully saturated rings. The van der Waals surface area contributed by atoms with Crippen LogP contribution in [0.3, 0.4) is 0 Å². The fraction of sp³-hybridized carbons (Fsp3) is 0.524. The molecule has 1 heterocycles. The van der Waals surface area contributed by atoms with Gasteiger partial charge >= 0.3 is 5.69 Å². The third-order valence-corrected chi connectivity index (χ3v) is 6.25. The summed E-state index contributed by atoms with van der Waals surface area (Å²) in [6.07, 6.45) is 7.72. The standard InChI is InChI=1S/C21H28N6O2/c22-12-15-6-8-16(9-7-15)13-23-19-18(27(28)29)14-24-20(25-19)26-21(10-11-21)17-4-2-1-3-5-17/h1-5,14-16H,6-13,22H2,(H2,23,24,25,26). The summed E-state index contributed by atoms with van der Waals surface area (Å²) in [6.45, 7) is 1.42. The number of hydrogen-bond acceptors (Lipinski definition) is 7. The quantitative estimate of drug-likeness (QED) is 0.460. The van der Waals surface area contributed by atoms with Gasteiger partial charge in [-0.3, -0.25) is 10.1 Å². The zero-order valence-corrected chi connectivity index (χ0v) is 16.5. The second-order valence-corrected chi connectivity index (χ2v) is 8.26. The van der Waals surface area contributed by atoms with Crippen molar-refractivity contribution >= 4 is 17.5 Å². The Bertz CT molecular complexity index is 848. The second-order valence-electron chi connectivity index (χ2n) is 8.26. The van der Waals surface area contributed by atoms with Gasteiger partial charge < -0.3 is 16.4 Å². The van der Waals surface area contributed by atoms with E-state index in [0.29, 0.717) is 24.3 Å². The summed E-state index contributed by atoms with van der Waals surface area (Å²) < 4.78 is 0. The van der Waals surface area contributed by atoms with Gasteiger partial charge in [0.1, 0.15) is 6.20 Å². The monoisotopic (exact) mass is 396 g/mol. The smallest absolute Gasteiger partial charge is 0.329 e. The second kappa shape index (κ2) is 8.32. The Hall–Kier alpha value is -2.74. The molecule has 2 aliphatic carbocycles. The normalized spacial score (nSPS) is 22.7. The number of nitrogens with two attached hydrogens (primary N) is 1. The van der Waals surface area contributed by atoms with Gasteiger partial charge in [0, 0.05) is 6.54 Å². The van der Waals surface area contributed by atoms with Crippen LogP contribution in [0.5, 0.6) is 0 Å². The van der Waals surface area contributed by atoms with Gasteiger partial charge in [-0.2, -0.15) is 4.98 Å². The van der Waals surface area contributed by atoms with E-state index in [0.717, 1.165) is 45.1 Å². The molecule has 0 amide bonds. The lowest BCUT2D eigenvalue weighted by atomic mass is 9.82. The van der Waals surface area contributed by atoms with E-state index in [2.05, 4.69) is 32.7 Å². The molecule has 0 saturated heterocycles. The minimum Gasteiger partial charge on any atom is -0.364 e. The molecule has 0 spiro atoms. The van der Waals surface area contributed by atoms with E-state index in [1.165, 1.54) is 11.8 Å². The van der Waals surface area contributed by atoms with Crippen molar-refractivity contribution in [2.75, 3.05) is 23.7 Å². The predicted molar refractivity (Wildman–Crippen MR) is 113 cm³/mol. The topological polar surface area (TPSA) is 119 Å². The van der Waals surface area contributed by atoms with E-state index in [1.54, 1.807) is 0 Å². The van der Waals surface area contributed by atoms with Crippen molar-refractivity contribution in [1.29, 1.82) is 0 Å². The van der Waals surface area contributed by atoms with Gasteiger partial charge in [-0.05, 0) is 62.5 Å². The average Bonchev–Trinajstić information content (AvgIpc) is 3.54. The molecule has 29 heavy (non-hydrogen) atoms. The lowest BCUT2D eigenvalue weighted by Crippen LogP contribution is -2.26. The summed E-state index contributed by atoms with van der Waals surface area (Å²) in [5.41, 5.74) is 6.70. The molecule has 0 aliphatic heterocycles. The Labute approximate surface area is 170 Å². The fourth-order valence-electron chi connectivity index (χ4n) is 4.19. The molecule has 8 heteroatoms. The van der Waals surface area contributed by atoms with Crippen molar-refractivity contribution in [3.8, 4) is 0 Å². The Morgan fingerprint density at radius 2 is 1.83 bits per heavy atom. The van der Waals surface area contributed by atoms with Gasteiger partial charge in [0.05, 0.1) is 10.5 Å². The molecule has 4 rings (SSSR count). The van der Waals surface area contributed by atoms with Gasteiger partial charge in [0.15, 0.2) is 0 Å². The first-order valence-electron chi connectivity index (χ1n) is 10.4. The summed E-state index contributed by atoms with van der Waals surface area (Å²) >= 11 is 0. The zero-order chi connectivity index (χ0) is 20.3. The predicted octanol–water partition coefficient (Wildman–Crippen LogP) is 3.66. The number of nitrogens with zero attached hydrogens (tertiary/aromatic N) is 3. The van der Waals surface area contributed by atoms with Crippen LogP contribution < -0.4 is 16.4 Å². The van der Waals surface area contributed by atoms with Crippen molar-refractivity contribution in [3.63, 3.8) is 0 Å². The first-order valence-corrected chi connectivity index (χ1v) is 10.4. The van der Waals surface area contributed by atoms with Crippen LogP contribution in [0.25, 0.3) is 0 Å². The first kappa shape index (κ1) is 19.6. The average molecular weight is 396 g/mol. The molecule has 0 bridgehead atoms. The maximum atomic E-state index is 11.4. The number of hydrogen-bond donors (Lipinski definition) is 3. The molecule has 8 nitrogen and oxygen atoms in total. The van der Waals surface area contributed by atoms with Crippen LogP contribution in [0.1, 0.15) is 44.1 Å². The minimum absolute atomic E-state index is 0.0873. The van der Waals surface area contributed by atoms with Gasteiger partial charge in [0.25, 0.3) is 0 Å². The van der Waals surface area contributed by atoms with E-state index in [-0.39, 0.29) is 17.0 Å². The molecule has 0 unspecified atom stereocenters. The molecule has 0 radical (unpaired) electrons. The molecule has 2 aliphatic rings. The van der Waals surface area contributed by atoms with Crippen LogP contribution in [0.2, 0.25) is 0 Å². The van der Waals surface area contributed by atoms with Crippen molar-refractivity contribution in [1.82, 2.24) is 9.97 Å². The third-order valence-electron chi connectivity index (χ3n) is 6.25. The molecule has 0 atom stereocenters. The largest absolute Gasteiger partial charge is 0.364 e. The number of nitrogens with one attached hydrogen (secondary N) is 2. The Morgan fingerprint density at radius 1 is 1.14 bits per heavy atom. The van der Waals surface area contributed by atoms with Gasteiger partial charge in [-0.15, -0.1) is 0 Å². The summed E-state index contributed by atoms with van der Waals surface area (Å²) in [5.74, 6) is 1.81. The number of nitro groups is 1. The Kier molecular flexibility index (Phi) is 5.62. The summed E-state index contributed by atoms with van der Waals surface area (Å²) in [4.78, 5) is 19.7. The van der Waals surface area contributed by atoms with E-state index in [4.69, 9.17) is 5.73 Å². The highest BCUT2D eigenvalue weighted by atomic mass is 16.6. The fourth-order valence-corrected chi connectivity index (χ4v) is 4.19. The lowest BCUT2D eigenvalue weighted by Gasteiger charge is -2.27. The highest BCUT2D eigenvalue weighted by Gasteiger charge is 2.45. The Balaban J connectivity index is 1.46. The van der Waals surface area contributed by atoms with Crippen LogP contribution in [0, 0.1) is 22.0 Å². The highest BCUT2D eigenvalue weighted by molar-refractivity contribution is 5.58. The number of aromatic nitrogens is 2. The van der Waals surface area contributed by atoms with Gasteiger partial charge in [-0.1, -0.05) is 30.3 Å². The minimum atomic E-state index is -0.429. The van der Waals surface area contributed by atoms with Crippen LogP contribution in [0.15, 0.2) is 36.5 Å². The van der Waals surface area contributed by atoms with E-state index in [1.807, 2.05) is 18.2 Å². The summed E-state index contributed by atoms with van der Waals surface area (Å²) in [5, 5.41) is 18.1. The Morgan fingerprint density at radius 3 is 2.45 bits per heavy atom. The maximum absolute atomic E-state index is 11.4. The van der Waals surface area contributed by atoms with Crippen molar-refractivity contribution in [3.05, 3.63) is 52.2 Å². The van der Waals surface area contributed by atoms with Crippen molar-refractivity contribution in [2.45, 2.75) is 44.1 Å². The SMILES string of the molecule is NCC1CCC(CNc2nc(NC3(c4ccccc4)CC3)ncc2[N+](=O)[O-])CC1. The molecule has 154 valence electrons. The highest BCUT2D eigenvalue weighted by Crippen LogP contribution is 2.47. The van der Waals surface area contributed by atoms with E-state index in [9.17, 15) is 10.1 Å². The van der Waals surface area contributed by atoms with Crippen molar-refractivity contribution in [2.24, 2.45) is 17.6 Å². The van der Waals surface area contributed by atoms with Crippen LogP contribution in [0.4, 0.5) is 17.5 Å². The van der Waals surface area contributed by atoms with Crippen molar-refractivity contribution < 1.29 is 4.92 Å². The molecule has 4 N–H and O–H groups in total. The van der Waals surface area contributed by atoms with Gasteiger partial charge in [0.2, 0.25) is 11.8 Å². The molecule has 2 aromatic rings. The zero-order valence-electron chi connectivity index (χ0n) is 16.5. The van der Waals surface area contributed by atoms with E-state index >= 15 is 0 Å². The third kappa shape index (κ3) is 4.48. The molecular weight excluding hydrogens is 368 g/mol.